The summed E-state index contributed by atoms with van der Waals surface area (Å²) in [5, 5.41) is 0.929. The third kappa shape index (κ3) is 6.91. The predicted molar refractivity (Wildman–Crippen MR) is 142 cm³/mol. The Morgan fingerprint density at radius 2 is 1.41 bits per heavy atom. The summed E-state index contributed by atoms with van der Waals surface area (Å²) in [5.41, 5.74) is 0.994. The van der Waals surface area contributed by atoms with E-state index in [-0.39, 0.29) is 0 Å². The SMILES string of the molecule is CCC[CH2][Sn]([CH2]CCC)([CH2]CCC)[c]1c(OC(=O)OC)c2ccccc2n1C(OCC)OCC. The van der Waals surface area contributed by atoms with E-state index in [2.05, 4.69) is 31.4 Å². The number of benzene rings is 1. The van der Waals surface area contributed by atoms with Crippen molar-refractivity contribution in [2.75, 3.05) is 20.3 Å². The zero-order valence-corrected chi connectivity index (χ0v) is 25.0. The fourth-order valence-corrected chi connectivity index (χ4v) is 21.9. The fraction of sp³-hybridized carbons (Fsp3) is 0.667. The van der Waals surface area contributed by atoms with Crippen molar-refractivity contribution >= 4 is 39.1 Å². The van der Waals surface area contributed by atoms with E-state index in [1.807, 2.05) is 32.0 Å². The van der Waals surface area contributed by atoms with E-state index in [0.717, 1.165) is 30.2 Å². The number of ether oxygens (including phenoxy) is 4. The van der Waals surface area contributed by atoms with Crippen LogP contribution in [0.5, 0.6) is 5.75 Å². The first-order chi connectivity index (χ1) is 16.5. The van der Waals surface area contributed by atoms with Crippen molar-refractivity contribution in [3.8, 4) is 5.75 Å². The van der Waals surface area contributed by atoms with Crippen LogP contribution in [-0.2, 0) is 14.2 Å². The average Bonchev–Trinajstić information content (AvgIpc) is 3.18. The molecule has 1 aromatic heterocycles. The van der Waals surface area contributed by atoms with Crippen molar-refractivity contribution in [2.45, 2.75) is 92.9 Å². The molecule has 7 heteroatoms. The second-order valence-electron chi connectivity index (χ2n) is 8.93. The van der Waals surface area contributed by atoms with E-state index in [1.165, 1.54) is 43.4 Å². The molecule has 0 N–H and O–H groups in total. The number of methoxy groups -OCH3 is 1. The number of unbranched alkanes of at least 4 members (excludes halogenated alkanes) is 3. The summed E-state index contributed by atoms with van der Waals surface area (Å²) in [6, 6.07) is 8.15. The molecule has 0 aliphatic rings. The normalized spacial score (nSPS) is 12.0. The van der Waals surface area contributed by atoms with Crippen LogP contribution < -0.4 is 8.45 Å². The van der Waals surface area contributed by atoms with Crippen LogP contribution in [0.2, 0.25) is 13.3 Å². The Balaban J connectivity index is 2.95. The van der Waals surface area contributed by atoms with E-state index < -0.39 is 30.9 Å². The third-order valence-corrected chi connectivity index (χ3v) is 22.0. The van der Waals surface area contributed by atoms with Gasteiger partial charge in [0.05, 0.1) is 0 Å². The Morgan fingerprint density at radius 1 is 0.882 bits per heavy atom. The van der Waals surface area contributed by atoms with Gasteiger partial charge in [0.1, 0.15) is 0 Å². The molecule has 0 unspecified atom stereocenters. The molecule has 0 radical (unpaired) electrons. The number of aromatic nitrogens is 1. The van der Waals surface area contributed by atoms with Crippen LogP contribution in [0.1, 0.15) is 79.6 Å². The number of hydrogen-bond donors (Lipinski definition) is 0. The number of fused-ring (bicyclic) bond motifs is 1. The molecule has 1 aromatic carbocycles. The van der Waals surface area contributed by atoms with E-state index in [4.69, 9.17) is 18.9 Å². The van der Waals surface area contributed by atoms with Crippen LogP contribution in [0.3, 0.4) is 0 Å². The fourth-order valence-electron chi connectivity index (χ4n) is 4.93. The first-order valence-electron chi connectivity index (χ1n) is 13.2. The van der Waals surface area contributed by atoms with Gasteiger partial charge in [-0.05, 0) is 0 Å². The molecule has 0 amide bonds. The zero-order valence-electron chi connectivity index (χ0n) is 22.2. The molecule has 0 aliphatic carbocycles. The summed E-state index contributed by atoms with van der Waals surface area (Å²) in [6.45, 7) is 11.8. The summed E-state index contributed by atoms with van der Waals surface area (Å²) >= 11 is -3.14. The molecule has 192 valence electrons. The maximum absolute atomic E-state index is 12.5. The van der Waals surface area contributed by atoms with Crippen LogP contribution in [0.25, 0.3) is 10.9 Å². The first-order valence-corrected chi connectivity index (χ1v) is 20.6. The van der Waals surface area contributed by atoms with Crippen molar-refractivity contribution in [2.24, 2.45) is 0 Å². The van der Waals surface area contributed by atoms with Crippen LogP contribution in [0.15, 0.2) is 24.3 Å². The third-order valence-electron chi connectivity index (χ3n) is 6.57. The van der Waals surface area contributed by atoms with E-state index in [1.54, 1.807) is 0 Å². The molecule has 2 aromatic rings. The molecular formula is C27H45NO5Sn. The first kappa shape index (κ1) is 29.0. The molecule has 0 atom stereocenters. The Hall–Kier alpha value is -1.25. The summed E-state index contributed by atoms with van der Waals surface area (Å²) in [4.78, 5) is 12.5. The Bertz CT molecular complexity index is 853. The van der Waals surface area contributed by atoms with E-state index in [9.17, 15) is 4.79 Å². The van der Waals surface area contributed by atoms with Crippen LogP contribution >= 0.6 is 0 Å². The number of rotatable bonds is 16. The molecule has 0 bridgehead atoms. The average molecular weight is 582 g/mol. The van der Waals surface area contributed by atoms with Gasteiger partial charge < -0.3 is 0 Å². The zero-order chi connectivity index (χ0) is 25.0. The number of carbonyl (C=O) groups excluding carboxylic acids is 1. The van der Waals surface area contributed by atoms with Crippen molar-refractivity contribution in [3.63, 3.8) is 0 Å². The molecule has 0 saturated heterocycles. The van der Waals surface area contributed by atoms with Crippen molar-refractivity contribution < 1.29 is 23.7 Å². The minimum absolute atomic E-state index is 0.533. The van der Waals surface area contributed by atoms with Crippen molar-refractivity contribution in [3.05, 3.63) is 24.3 Å². The van der Waals surface area contributed by atoms with Gasteiger partial charge in [0.25, 0.3) is 0 Å². The molecule has 1 heterocycles. The van der Waals surface area contributed by atoms with E-state index in [0.29, 0.717) is 19.0 Å². The topological polar surface area (TPSA) is 58.9 Å². The standard InChI is InChI=1S/C15H18NO5.3C4H9.Sn/c1-4-19-14(20-5-2)16-10-13(21-15(17)18-3)11-8-6-7-9-12(11)16;3*1-3-4-2;/h6-9,14H,4-5H2,1-3H3;3*1,3-4H2,2H3;. The maximum atomic E-state index is 12.5. The van der Waals surface area contributed by atoms with Gasteiger partial charge >= 0.3 is 211 Å². The van der Waals surface area contributed by atoms with Crippen LogP contribution in [0.4, 0.5) is 4.79 Å². The van der Waals surface area contributed by atoms with Gasteiger partial charge in [-0.15, -0.1) is 0 Å². The van der Waals surface area contributed by atoms with Gasteiger partial charge in [0.15, 0.2) is 0 Å². The predicted octanol–water partition coefficient (Wildman–Crippen LogP) is 7.37. The molecule has 0 saturated carbocycles. The van der Waals surface area contributed by atoms with Gasteiger partial charge in [-0.1, -0.05) is 0 Å². The van der Waals surface area contributed by atoms with Gasteiger partial charge in [-0.3, -0.25) is 0 Å². The molecule has 0 spiro atoms. The molecule has 2 rings (SSSR count). The number of carbonyl (C=O) groups is 1. The monoisotopic (exact) mass is 583 g/mol. The quantitative estimate of drug-likeness (QED) is 0.118. The molecule has 0 fully saturated rings. The van der Waals surface area contributed by atoms with Gasteiger partial charge in [0, 0.05) is 0 Å². The number of para-hydroxylation sites is 1. The van der Waals surface area contributed by atoms with Crippen molar-refractivity contribution in [1.29, 1.82) is 0 Å². The summed E-state index contributed by atoms with van der Waals surface area (Å²) < 4.78 is 30.5. The van der Waals surface area contributed by atoms with Gasteiger partial charge in [0.2, 0.25) is 0 Å². The summed E-state index contributed by atoms with van der Waals surface area (Å²) in [6.07, 6.45) is 5.82. The molecule has 0 aliphatic heterocycles. The minimum atomic E-state index is -3.14. The van der Waals surface area contributed by atoms with Gasteiger partial charge in [-0.2, -0.15) is 0 Å². The molecular weight excluding hydrogens is 537 g/mol. The molecule has 34 heavy (non-hydrogen) atoms. The second kappa shape index (κ2) is 15.0. The van der Waals surface area contributed by atoms with Crippen molar-refractivity contribution in [1.82, 2.24) is 4.57 Å². The van der Waals surface area contributed by atoms with Gasteiger partial charge in [-0.25, -0.2) is 0 Å². The Labute approximate surface area is 210 Å². The molecule has 6 nitrogen and oxygen atoms in total. The summed E-state index contributed by atoms with van der Waals surface area (Å²) in [5.74, 6) is 0.672. The summed E-state index contributed by atoms with van der Waals surface area (Å²) in [7, 11) is 1.37. The Kier molecular flexibility index (Phi) is 12.8. The van der Waals surface area contributed by atoms with Crippen LogP contribution in [-0.4, -0.2) is 49.4 Å². The van der Waals surface area contributed by atoms with E-state index >= 15 is 0 Å². The number of hydrogen-bond acceptors (Lipinski definition) is 5. The number of nitrogens with zero attached hydrogens (tertiary/aromatic N) is 1. The Morgan fingerprint density at radius 3 is 1.88 bits per heavy atom. The van der Waals surface area contributed by atoms with Crippen LogP contribution in [0, 0.1) is 0 Å². The second-order valence-corrected chi connectivity index (χ2v) is 21.9.